The second-order valence-electron chi connectivity index (χ2n) is 6.07. The minimum absolute atomic E-state index is 0.274. The number of amides is 1. The van der Waals surface area contributed by atoms with Crippen LogP contribution in [0.4, 0.5) is 5.69 Å². The summed E-state index contributed by atoms with van der Waals surface area (Å²) in [6, 6.07) is 13.7. The molecule has 0 spiro atoms. The quantitative estimate of drug-likeness (QED) is 0.502. The highest BCUT2D eigenvalue weighted by Gasteiger charge is 2.11. The Hall–Kier alpha value is -4.27. The average molecular weight is 372 g/mol. The minimum atomic E-state index is -0.537. The second-order valence-corrected chi connectivity index (χ2v) is 6.07. The van der Waals surface area contributed by atoms with Crippen molar-refractivity contribution in [1.29, 1.82) is 0 Å². The van der Waals surface area contributed by atoms with E-state index >= 15 is 0 Å². The Morgan fingerprint density at radius 3 is 2.82 bits per heavy atom. The number of nitrogens with zero attached hydrogens (tertiary/aromatic N) is 4. The first-order chi connectivity index (χ1) is 13.7. The van der Waals surface area contributed by atoms with Gasteiger partial charge in [-0.25, -0.2) is 9.78 Å². The fourth-order valence-electron chi connectivity index (χ4n) is 2.94. The third kappa shape index (κ3) is 2.71. The Balaban J connectivity index is 1.40. The molecular formula is C19H12N6O3. The van der Waals surface area contributed by atoms with Crippen LogP contribution >= 0.6 is 0 Å². The number of H-pyrrole nitrogens is 1. The molecule has 9 heteroatoms. The Labute approximate surface area is 156 Å². The molecule has 0 fully saturated rings. The van der Waals surface area contributed by atoms with E-state index in [1.165, 1.54) is 0 Å². The summed E-state index contributed by atoms with van der Waals surface area (Å²) in [5.74, 6) is 0.339. The summed E-state index contributed by atoms with van der Waals surface area (Å²) >= 11 is 0. The summed E-state index contributed by atoms with van der Waals surface area (Å²) in [6.07, 6.45) is 3.48. The lowest BCUT2D eigenvalue weighted by molar-refractivity contribution is 0.102. The first-order valence-electron chi connectivity index (χ1n) is 8.38. The van der Waals surface area contributed by atoms with Gasteiger partial charge in [0, 0.05) is 29.2 Å². The van der Waals surface area contributed by atoms with E-state index < -0.39 is 5.76 Å². The number of oxazole rings is 1. The summed E-state index contributed by atoms with van der Waals surface area (Å²) in [7, 11) is 0. The molecule has 28 heavy (non-hydrogen) atoms. The van der Waals surface area contributed by atoms with Gasteiger partial charge in [-0.1, -0.05) is 12.1 Å². The van der Waals surface area contributed by atoms with Crippen molar-refractivity contribution in [3.05, 3.63) is 77.0 Å². The van der Waals surface area contributed by atoms with E-state index in [4.69, 9.17) is 4.42 Å². The van der Waals surface area contributed by atoms with Crippen LogP contribution in [-0.2, 0) is 0 Å². The van der Waals surface area contributed by atoms with Crippen molar-refractivity contribution >= 4 is 28.5 Å². The molecule has 0 bridgehead atoms. The predicted molar refractivity (Wildman–Crippen MR) is 101 cm³/mol. The summed E-state index contributed by atoms with van der Waals surface area (Å²) in [5.41, 5.74) is 2.80. The molecule has 5 rings (SSSR count). The molecule has 9 nitrogen and oxygen atoms in total. The maximum atomic E-state index is 12.5. The summed E-state index contributed by atoms with van der Waals surface area (Å²) in [4.78, 5) is 30.4. The fourth-order valence-corrected chi connectivity index (χ4v) is 2.94. The molecule has 1 amide bonds. The number of hydrogen-bond donors (Lipinski definition) is 2. The average Bonchev–Trinajstić information content (AvgIpc) is 3.30. The highest BCUT2D eigenvalue weighted by Crippen LogP contribution is 2.20. The standard InChI is InChI=1S/C19H12N6O3/c26-17(21-13-6-7-15-14(10-13)22-19(27)28-15)12-4-2-11(3-5-12)16-23-24-18-20-8-1-9-25(16)18/h1-10H,(H,21,26)(H,22,27). The zero-order valence-corrected chi connectivity index (χ0v) is 14.3. The smallest absolute Gasteiger partial charge is 0.408 e. The maximum Gasteiger partial charge on any atom is 0.417 e. The van der Waals surface area contributed by atoms with Crippen molar-refractivity contribution in [1.82, 2.24) is 24.6 Å². The number of anilines is 1. The molecule has 2 aromatic carbocycles. The summed E-state index contributed by atoms with van der Waals surface area (Å²) in [5, 5.41) is 11.0. The number of aromatic nitrogens is 5. The van der Waals surface area contributed by atoms with E-state index in [-0.39, 0.29) is 5.91 Å². The van der Waals surface area contributed by atoms with E-state index in [0.29, 0.717) is 34.0 Å². The number of nitrogens with one attached hydrogen (secondary N) is 2. The molecule has 3 aromatic heterocycles. The molecule has 3 heterocycles. The van der Waals surface area contributed by atoms with Gasteiger partial charge in [0.2, 0.25) is 0 Å². The van der Waals surface area contributed by atoms with Crippen molar-refractivity contribution in [2.24, 2.45) is 0 Å². The Morgan fingerprint density at radius 1 is 1.11 bits per heavy atom. The molecule has 0 aliphatic carbocycles. The van der Waals surface area contributed by atoms with Crippen LogP contribution in [0.5, 0.6) is 0 Å². The Kier molecular flexibility index (Phi) is 3.51. The number of aromatic amines is 1. The van der Waals surface area contributed by atoms with E-state index in [1.807, 2.05) is 6.20 Å². The van der Waals surface area contributed by atoms with Crippen LogP contribution in [0.3, 0.4) is 0 Å². The van der Waals surface area contributed by atoms with Crippen molar-refractivity contribution < 1.29 is 9.21 Å². The van der Waals surface area contributed by atoms with Crippen molar-refractivity contribution in [3.63, 3.8) is 0 Å². The number of fused-ring (bicyclic) bond motifs is 2. The van der Waals surface area contributed by atoms with Gasteiger partial charge in [0.1, 0.15) is 0 Å². The largest absolute Gasteiger partial charge is 0.417 e. The van der Waals surface area contributed by atoms with Crippen LogP contribution in [0, 0.1) is 0 Å². The minimum Gasteiger partial charge on any atom is -0.408 e. The fraction of sp³-hybridized carbons (Fsp3) is 0. The lowest BCUT2D eigenvalue weighted by Crippen LogP contribution is -2.11. The zero-order chi connectivity index (χ0) is 19.1. The lowest BCUT2D eigenvalue weighted by Gasteiger charge is -2.06. The molecule has 0 aliphatic heterocycles. The van der Waals surface area contributed by atoms with Crippen LogP contribution in [0.1, 0.15) is 10.4 Å². The predicted octanol–water partition coefficient (Wildman–Crippen LogP) is 2.48. The number of carbonyl (C=O) groups is 1. The normalized spacial score (nSPS) is 11.1. The van der Waals surface area contributed by atoms with Crippen LogP contribution in [-0.4, -0.2) is 30.5 Å². The first kappa shape index (κ1) is 15.9. The van der Waals surface area contributed by atoms with Gasteiger partial charge >= 0.3 is 5.76 Å². The highest BCUT2D eigenvalue weighted by molar-refractivity contribution is 6.05. The lowest BCUT2D eigenvalue weighted by atomic mass is 10.1. The number of rotatable bonds is 3. The third-order valence-corrected chi connectivity index (χ3v) is 4.27. The Bertz CT molecular complexity index is 1380. The van der Waals surface area contributed by atoms with Gasteiger partial charge in [-0.15, -0.1) is 10.2 Å². The van der Waals surface area contributed by atoms with Crippen LogP contribution < -0.4 is 11.1 Å². The molecule has 2 N–H and O–H groups in total. The van der Waals surface area contributed by atoms with E-state index in [9.17, 15) is 9.59 Å². The molecular weight excluding hydrogens is 360 g/mol. The molecule has 5 aromatic rings. The Morgan fingerprint density at radius 2 is 1.96 bits per heavy atom. The summed E-state index contributed by atoms with van der Waals surface area (Å²) < 4.78 is 6.72. The van der Waals surface area contributed by atoms with E-state index in [2.05, 4.69) is 25.5 Å². The molecule has 136 valence electrons. The second kappa shape index (κ2) is 6.16. The summed E-state index contributed by atoms with van der Waals surface area (Å²) in [6.45, 7) is 0. The molecule has 0 atom stereocenters. The van der Waals surface area contributed by atoms with E-state index in [0.717, 1.165) is 5.56 Å². The monoisotopic (exact) mass is 372 g/mol. The van der Waals surface area contributed by atoms with Crippen LogP contribution in [0.15, 0.2) is 70.1 Å². The molecule has 0 radical (unpaired) electrons. The van der Waals surface area contributed by atoms with Gasteiger partial charge in [-0.3, -0.25) is 14.2 Å². The van der Waals surface area contributed by atoms with E-state index in [1.54, 1.807) is 59.1 Å². The van der Waals surface area contributed by atoms with Crippen molar-refractivity contribution in [2.45, 2.75) is 0 Å². The van der Waals surface area contributed by atoms with Crippen LogP contribution in [0.2, 0.25) is 0 Å². The third-order valence-electron chi connectivity index (χ3n) is 4.27. The van der Waals surface area contributed by atoms with Gasteiger partial charge in [-0.2, -0.15) is 0 Å². The van der Waals surface area contributed by atoms with Crippen molar-refractivity contribution in [2.75, 3.05) is 5.32 Å². The van der Waals surface area contributed by atoms with Crippen LogP contribution in [0.25, 0.3) is 28.3 Å². The topological polar surface area (TPSA) is 118 Å². The number of benzene rings is 2. The molecule has 0 aliphatic rings. The molecule has 0 unspecified atom stereocenters. The SMILES string of the molecule is O=C(Nc1ccc2oc(=O)[nH]c2c1)c1ccc(-c2nnc3ncccn23)cc1. The van der Waals surface area contributed by atoms with Gasteiger partial charge in [0.15, 0.2) is 11.4 Å². The van der Waals surface area contributed by atoms with Crippen molar-refractivity contribution in [3.8, 4) is 11.4 Å². The van der Waals surface area contributed by atoms with Gasteiger partial charge in [-0.05, 0) is 36.4 Å². The molecule has 0 saturated heterocycles. The number of carbonyl (C=O) groups excluding carboxylic acids is 1. The van der Waals surface area contributed by atoms with Gasteiger partial charge in [0.25, 0.3) is 11.7 Å². The zero-order valence-electron chi connectivity index (χ0n) is 14.3. The molecule has 0 saturated carbocycles. The van der Waals surface area contributed by atoms with Gasteiger partial charge in [0.05, 0.1) is 5.52 Å². The maximum absolute atomic E-state index is 12.5. The highest BCUT2D eigenvalue weighted by atomic mass is 16.4. The number of hydrogen-bond acceptors (Lipinski definition) is 6. The first-order valence-corrected chi connectivity index (χ1v) is 8.38. The van der Waals surface area contributed by atoms with Gasteiger partial charge < -0.3 is 9.73 Å².